The predicted octanol–water partition coefficient (Wildman–Crippen LogP) is 3.76. The Morgan fingerprint density at radius 1 is 1.30 bits per heavy atom. The van der Waals surface area contributed by atoms with Crippen LogP contribution >= 0.6 is 11.8 Å². The molecule has 0 saturated carbocycles. The van der Waals surface area contributed by atoms with E-state index in [1.165, 1.54) is 11.1 Å². The molecule has 2 nitrogen and oxygen atoms in total. The summed E-state index contributed by atoms with van der Waals surface area (Å²) in [5.41, 5.74) is 2.70. The molecule has 0 spiro atoms. The smallest absolute Gasteiger partial charge is 0.0610 e. The number of rotatable bonds is 10. The topological polar surface area (TPSA) is 32.3 Å². The molecule has 114 valence electrons. The quantitative estimate of drug-likeness (QED) is 0.645. The Labute approximate surface area is 128 Å². The van der Waals surface area contributed by atoms with E-state index >= 15 is 0 Å². The lowest BCUT2D eigenvalue weighted by molar-refractivity contribution is 0.165. The van der Waals surface area contributed by atoms with Crippen molar-refractivity contribution < 1.29 is 5.11 Å². The standard InChI is InChI=1S/C17H29NOS/c1-4-11-18-17(3,14-19)10-7-12-20-13-16-9-6-5-8-15(16)2/h5-6,8-9,18-19H,4,7,10-14H2,1-3H3. The molecule has 0 saturated heterocycles. The van der Waals surface area contributed by atoms with Crippen molar-refractivity contribution in [3.63, 3.8) is 0 Å². The van der Waals surface area contributed by atoms with Crippen LogP contribution < -0.4 is 5.32 Å². The zero-order valence-corrected chi connectivity index (χ0v) is 13.9. The van der Waals surface area contributed by atoms with Gasteiger partial charge in [-0.05, 0) is 56.5 Å². The van der Waals surface area contributed by atoms with Crippen LogP contribution in [0.25, 0.3) is 0 Å². The van der Waals surface area contributed by atoms with Crippen LogP contribution in [0.1, 0.15) is 44.2 Å². The number of nitrogens with one attached hydrogen (secondary N) is 1. The third-order valence-electron chi connectivity index (χ3n) is 3.69. The van der Waals surface area contributed by atoms with Crippen molar-refractivity contribution in [2.24, 2.45) is 0 Å². The van der Waals surface area contributed by atoms with E-state index in [0.717, 1.165) is 37.3 Å². The maximum Gasteiger partial charge on any atom is 0.0610 e. The third-order valence-corrected chi connectivity index (χ3v) is 4.78. The van der Waals surface area contributed by atoms with E-state index in [1.54, 1.807) is 0 Å². The van der Waals surface area contributed by atoms with Crippen LogP contribution in [-0.4, -0.2) is 29.5 Å². The van der Waals surface area contributed by atoms with Gasteiger partial charge in [-0.15, -0.1) is 0 Å². The number of aliphatic hydroxyl groups excluding tert-OH is 1. The maximum atomic E-state index is 9.51. The highest BCUT2D eigenvalue weighted by Gasteiger charge is 2.21. The maximum absolute atomic E-state index is 9.51. The number of thioether (sulfide) groups is 1. The fourth-order valence-electron chi connectivity index (χ4n) is 2.17. The van der Waals surface area contributed by atoms with E-state index < -0.39 is 0 Å². The van der Waals surface area contributed by atoms with Gasteiger partial charge in [0.2, 0.25) is 0 Å². The monoisotopic (exact) mass is 295 g/mol. The molecule has 2 N–H and O–H groups in total. The van der Waals surface area contributed by atoms with Gasteiger partial charge in [0.25, 0.3) is 0 Å². The number of aryl methyl sites for hydroxylation is 1. The van der Waals surface area contributed by atoms with Gasteiger partial charge in [-0.25, -0.2) is 0 Å². The molecule has 1 rings (SSSR count). The SMILES string of the molecule is CCCNC(C)(CO)CCCSCc1ccccc1C. The molecule has 0 amide bonds. The molecule has 0 aliphatic heterocycles. The molecular formula is C17H29NOS. The largest absolute Gasteiger partial charge is 0.394 e. The summed E-state index contributed by atoms with van der Waals surface area (Å²) in [7, 11) is 0. The van der Waals surface area contributed by atoms with E-state index in [-0.39, 0.29) is 12.1 Å². The van der Waals surface area contributed by atoms with Gasteiger partial charge < -0.3 is 10.4 Å². The highest BCUT2D eigenvalue weighted by Crippen LogP contribution is 2.19. The van der Waals surface area contributed by atoms with Crippen molar-refractivity contribution >= 4 is 11.8 Å². The van der Waals surface area contributed by atoms with Crippen LogP contribution in [-0.2, 0) is 5.75 Å². The van der Waals surface area contributed by atoms with Crippen LogP contribution in [0.3, 0.4) is 0 Å². The molecule has 0 heterocycles. The fraction of sp³-hybridized carbons (Fsp3) is 0.647. The van der Waals surface area contributed by atoms with E-state index in [2.05, 4.69) is 50.4 Å². The first-order chi connectivity index (χ1) is 9.61. The lowest BCUT2D eigenvalue weighted by atomic mass is 9.97. The minimum Gasteiger partial charge on any atom is -0.394 e. The van der Waals surface area contributed by atoms with Gasteiger partial charge >= 0.3 is 0 Å². The van der Waals surface area contributed by atoms with Crippen LogP contribution in [0.2, 0.25) is 0 Å². The Kier molecular flexibility index (Phi) is 8.27. The van der Waals surface area contributed by atoms with Gasteiger partial charge in [0.15, 0.2) is 0 Å². The first-order valence-corrected chi connectivity index (χ1v) is 8.75. The van der Waals surface area contributed by atoms with Crippen molar-refractivity contribution in [2.45, 2.75) is 51.3 Å². The summed E-state index contributed by atoms with van der Waals surface area (Å²) >= 11 is 1.99. The summed E-state index contributed by atoms with van der Waals surface area (Å²) in [5.74, 6) is 2.24. The molecule has 0 aliphatic rings. The summed E-state index contributed by atoms with van der Waals surface area (Å²) in [6.07, 6.45) is 3.28. The van der Waals surface area contributed by atoms with Gasteiger partial charge in [0.05, 0.1) is 6.61 Å². The summed E-state index contributed by atoms with van der Waals surface area (Å²) in [5, 5.41) is 13.0. The average molecular weight is 295 g/mol. The third kappa shape index (κ3) is 6.29. The summed E-state index contributed by atoms with van der Waals surface area (Å²) in [4.78, 5) is 0. The van der Waals surface area contributed by atoms with Crippen molar-refractivity contribution in [1.29, 1.82) is 0 Å². The molecule has 0 radical (unpaired) electrons. The van der Waals surface area contributed by atoms with Crippen molar-refractivity contribution in [3.8, 4) is 0 Å². The van der Waals surface area contributed by atoms with E-state index in [9.17, 15) is 5.11 Å². The van der Waals surface area contributed by atoms with Crippen molar-refractivity contribution in [3.05, 3.63) is 35.4 Å². The molecule has 1 unspecified atom stereocenters. The summed E-state index contributed by atoms with van der Waals surface area (Å²) in [6.45, 7) is 7.65. The van der Waals surface area contributed by atoms with Gasteiger partial charge in [-0.3, -0.25) is 0 Å². The minimum atomic E-state index is -0.112. The number of hydrogen-bond donors (Lipinski definition) is 2. The number of aliphatic hydroxyl groups is 1. The van der Waals surface area contributed by atoms with Crippen LogP contribution in [0, 0.1) is 6.92 Å². The zero-order valence-electron chi connectivity index (χ0n) is 13.1. The lowest BCUT2D eigenvalue weighted by Gasteiger charge is -2.28. The number of hydrogen-bond acceptors (Lipinski definition) is 3. The second-order valence-electron chi connectivity index (χ2n) is 5.73. The van der Waals surface area contributed by atoms with Crippen LogP contribution in [0.4, 0.5) is 0 Å². The highest BCUT2D eigenvalue weighted by atomic mass is 32.2. The Morgan fingerprint density at radius 3 is 2.70 bits per heavy atom. The molecule has 3 heteroatoms. The van der Waals surface area contributed by atoms with E-state index in [1.807, 2.05) is 11.8 Å². The molecule has 1 aromatic carbocycles. The Bertz CT molecular complexity index is 383. The number of benzene rings is 1. The Hall–Kier alpha value is -0.510. The first kappa shape index (κ1) is 17.5. The van der Waals surface area contributed by atoms with Gasteiger partial charge in [-0.2, -0.15) is 11.8 Å². The molecule has 1 atom stereocenters. The molecule has 1 aromatic rings. The normalized spacial score (nSPS) is 14.2. The molecule has 0 aromatic heterocycles. The van der Waals surface area contributed by atoms with Crippen LogP contribution in [0.15, 0.2) is 24.3 Å². The lowest BCUT2D eigenvalue weighted by Crippen LogP contribution is -2.46. The fourth-order valence-corrected chi connectivity index (χ4v) is 3.21. The van der Waals surface area contributed by atoms with Crippen LogP contribution in [0.5, 0.6) is 0 Å². The Morgan fingerprint density at radius 2 is 2.05 bits per heavy atom. The molecule has 0 bridgehead atoms. The van der Waals surface area contributed by atoms with E-state index in [0.29, 0.717) is 0 Å². The second-order valence-corrected chi connectivity index (χ2v) is 6.83. The summed E-state index contributed by atoms with van der Waals surface area (Å²) in [6, 6.07) is 8.59. The molecule has 0 aliphatic carbocycles. The second kappa shape index (κ2) is 9.43. The van der Waals surface area contributed by atoms with Gasteiger partial charge in [0, 0.05) is 11.3 Å². The summed E-state index contributed by atoms with van der Waals surface area (Å²) < 4.78 is 0. The Balaban J connectivity index is 2.22. The highest BCUT2D eigenvalue weighted by molar-refractivity contribution is 7.98. The van der Waals surface area contributed by atoms with E-state index in [4.69, 9.17) is 0 Å². The minimum absolute atomic E-state index is 0.112. The first-order valence-electron chi connectivity index (χ1n) is 7.59. The van der Waals surface area contributed by atoms with Gasteiger partial charge in [-0.1, -0.05) is 31.2 Å². The molecule has 20 heavy (non-hydrogen) atoms. The van der Waals surface area contributed by atoms with Crippen molar-refractivity contribution in [2.75, 3.05) is 18.9 Å². The predicted molar refractivity (Wildman–Crippen MR) is 90.4 cm³/mol. The molecular weight excluding hydrogens is 266 g/mol. The van der Waals surface area contributed by atoms with Gasteiger partial charge in [0.1, 0.15) is 0 Å². The molecule has 0 fully saturated rings. The zero-order chi connectivity index (χ0) is 14.8. The average Bonchev–Trinajstić information content (AvgIpc) is 2.46. The van der Waals surface area contributed by atoms with Crippen molar-refractivity contribution in [1.82, 2.24) is 5.32 Å².